The van der Waals surface area contributed by atoms with Gasteiger partial charge in [0, 0.05) is 42.9 Å². The number of piperidine rings is 1. The van der Waals surface area contributed by atoms with Crippen LogP contribution in [0.3, 0.4) is 0 Å². The van der Waals surface area contributed by atoms with Crippen LogP contribution in [0.25, 0.3) is 0 Å². The van der Waals surface area contributed by atoms with Gasteiger partial charge in [0.2, 0.25) is 0 Å². The van der Waals surface area contributed by atoms with Crippen molar-refractivity contribution in [3.63, 3.8) is 0 Å². The van der Waals surface area contributed by atoms with Crippen LogP contribution in [-0.4, -0.2) is 53.6 Å². The maximum Gasteiger partial charge on any atom is 0.191 e. The van der Waals surface area contributed by atoms with Crippen molar-refractivity contribution in [1.82, 2.24) is 25.5 Å². The molecule has 168 valence electrons. The first-order valence-corrected chi connectivity index (χ1v) is 12.3. The summed E-state index contributed by atoms with van der Waals surface area (Å²) in [6, 6.07) is 0. The summed E-state index contributed by atoms with van der Waals surface area (Å²) in [6.45, 7) is 14.3. The van der Waals surface area contributed by atoms with Crippen LogP contribution in [0.5, 0.6) is 0 Å². The molecule has 0 radical (unpaired) electrons. The lowest BCUT2D eigenvalue weighted by Gasteiger charge is -2.30. The summed E-state index contributed by atoms with van der Waals surface area (Å²) in [5.41, 5.74) is 2.37. The van der Waals surface area contributed by atoms with Gasteiger partial charge in [-0.1, -0.05) is 0 Å². The molecule has 0 aliphatic carbocycles. The lowest BCUT2D eigenvalue weighted by Crippen LogP contribution is -2.39. The van der Waals surface area contributed by atoms with Crippen LogP contribution in [0, 0.1) is 26.7 Å². The van der Waals surface area contributed by atoms with Crippen molar-refractivity contribution in [3.05, 3.63) is 31.7 Å². The number of hydrogen-bond acceptors (Lipinski definition) is 6. The summed E-state index contributed by atoms with van der Waals surface area (Å²) in [4.78, 5) is 17.9. The van der Waals surface area contributed by atoms with Gasteiger partial charge in [0.05, 0.1) is 21.4 Å². The van der Waals surface area contributed by atoms with Gasteiger partial charge in [-0.15, -0.1) is 46.7 Å². The molecule has 3 rings (SSSR count). The molecule has 30 heavy (non-hydrogen) atoms. The molecular weight excluding hydrogens is 527 g/mol. The summed E-state index contributed by atoms with van der Waals surface area (Å²) in [6.07, 6.45) is 3.37. The minimum atomic E-state index is 0. The second kappa shape index (κ2) is 12.9. The molecule has 0 unspecified atom stereocenters. The lowest BCUT2D eigenvalue weighted by atomic mass is 9.97. The molecule has 1 saturated heterocycles. The Labute approximate surface area is 206 Å². The molecule has 6 nitrogen and oxygen atoms in total. The number of aryl methyl sites for hydroxylation is 3. The van der Waals surface area contributed by atoms with Gasteiger partial charge in [-0.05, 0) is 59.5 Å². The number of aliphatic imine (C=N–C) groups is 1. The second-order valence-corrected chi connectivity index (χ2v) is 10.1. The van der Waals surface area contributed by atoms with E-state index < -0.39 is 0 Å². The normalized spacial score (nSPS) is 15.8. The quantitative estimate of drug-likeness (QED) is 0.288. The number of nitrogens with zero attached hydrogens (tertiary/aromatic N) is 4. The highest BCUT2D eigenvalue weighted by molar-refractivity contribution is 14.0. The van der Waals surface area contributed by atoms with E-state index in [0.717, 1.165) is 62.4 Å². The monoisotopic (exact) mass is 562 g/mol. The lowest BCUT2D eigenvalue weighted by molar-refractivity contribution is 0.179. The highest BCUT2D eigenvalue weighted by Crippen LogP contribution is 2.20. The molecule has 0 atom stereocenters. The molecule has 1 aliphatic heterocycles. The van der Waals surface area contributed by atoms with E-state index in [1.807, 2.05) is 0 Å². The van der Waals surface area contributed by atoms with Crippen molar-refractivity contribution in [1.29, 1.82) is 0 Å². The van der Waals surface area contributed by atoms with Crippen LogP contribution in [0.1, 0.15) is 46.0 Å². The van der Waals surface area contributed by atoms with Crippen molar-refractivity contribution >= 4 is 52.6 Å². The van der Waals surface area contributed by atoms with Crippen molar-refractivity contribution in [2.24, 2.45) is 10.9 Å². The molecular formula is C21H35IN6S2. The fourth-order valence-corrected chi connectivity index (χ4v) is 5.07. The Bertz CT molecular complexity index is 776. The number of rotatable bonds is 8. The molecule has 3 heterocycles. The minimum absolute atomic E-state index is 0. The van der Waals surface area contributed by atoms with E-state index in [1.165, 1.54) is 28.4 Å². The zero-order chi connectivity index (χ0) is 20.6. The van der Waals surface area contributed by atoms with Crippen LogP contribution in [0.4, 0.5) is 0 Å². The van der Waals surface area contributed by atoms with E-state index >= 15 is 0 Å². The third kappa shape index (κ3) is 8.05. The van der Waals surface area contributed by atoms with E-state index in [1.54, 1.807) is 22.7 Å². The van der Waals surface area contributed by atoms with Gasteiger partial charge in [0.15, 0.2) is 5.96 Å². The first kappa shape index (κ1) is 25.5. The van der Waals surface area contributed by atoms with Gasteiger partial charge in [-0.3, -0.25) is 9.89 Å². The van der Waals surface area contributed by atoms with Crippen molar-refractivity contribution < 1.29 is 0 Å². The number of aromatic nitrogens is 2. The highest BCUT2D eigenvalue weighted by Gasteiger charge is 2.19. The smallest absolute Gasteiger partial charge is 0.191 e. The van der Waals surface area contributed by atoms with Crippen LogP contribution in [0.2, 0.25) is 0 Å². The average molecular weight is 563 g/mol. The van der Waals surface area contributed by atoms with Crippen LogP contribution >= 0.6 is 46.7 Å². The Morgan fingerprint density at radius 2 is 1.97 bits per heavy atom. The van der Waals surface area contributed by atoms with Gasteiger partial charge in [0.25, 0.3) is 0 Å². The molecule has 1 aliphatic rings. The number of likely N-dealkylation sites (tertiary alicyclic amines) is 1. The minimum Gasteiger partial charge on any atom is -0.357 e. The summed E-state index contributed by atoms with van der Waals surface area (Å²) in [5, 5.41) is 11.4. The van der Waals surface area contributed by atoms with E-state index in [9.17, 15) is 0 Å². The Hall–Kier alpha value is -0.780. The maximum atomic E-state index is 4.85. The highest BCUT2D eigenvalue weighted by atomic mass is 127. The summed E-state index contributed by atoms with van der Waals surface area (Å²) in [5.74, 6) is 1.60. The Balaban J connectivity index is 0.00000320. The van der Waals surface area contributed by atoms with Crippen molar-refractivity contribution in [3.8, 4) is 0 Å². The number of guanidine groups is 1. The van der Waals surface area contributed by atoms with E-state index in [-0.39, 0.29) is 24.0 Å². The second-order valence-electron chi connectivity index (χ2n) is 7.72. The van der Waals surface area contributed by atoms with Crippen LogP contribution < -0.4 is 10.6 Å². The summed E-state index contributed by atoms with van der Waals surface area (Å²) < 4.78 is 0. The molecule has 2 N–H and O–H groups in total. The van der Waals surface area contributed by atoms with Crippen molar-refractivity contribution in [2.75, 3.05) is 32.7 Å². The molecule has 0 amide bonds. The maximum absolute atomic E-state index is 4.85. The van der Waals surface area contributed by atoms with Crippen LogP contribution in [-0.2, 0) is 13.0 Å². The molecule has 0 aromatic carbocycles. The topological polar surface area (TPSA) is 65.4 Å². The van der Waals surface area contributed by atoms with E-state index in [4.69, 9.17) is 4.99 Å². The Morgan fingerprint density at radius 1 is 1.20 bits per heavy atom. The van der Waals surface area contributed by atoms with Crippen molar-refractivity contribution in [2.45, 2.75) is 53.5 Å². The summed E-state index contributed by atoms with van der Waals surface area (Å²) in [7, 11) is 0. The standard InChI is InChI=1S/C21H34N6S2.HI/c1-5-22-21(23-9-6-20-25-15(2)16(3)29-20)24-12-18-7-10-27(11-8-18)13-19-14-28-17(4)26-19;/h14,18H,5-13H2,1-4H3,(H2,22,23,24);1H. The van der Waals surface area contributed by atoms with Gasteiger partial charge < -0.3 is 10.6 Å². The third-order valence-electron chi connectivity index (χ3n) is 5.32. The molecule has 9 heteroatoms. The first-order chi connectivity index (χ1) is 14.0. The Morgan fingerprint density at radius 3 is 2.57 bits per heavy atom. The molecule has 0 spiro atoms. The van der Waals surface area contributed by atoms with Gasteiger partial charge >= 0.3 is 0 Å². The van der Waals surface area contributed by atoms with Gasteiger partial charge in [-0.25, -0.2) is 9.97 Å². The number of hydrogen-bond donors (Lipinski definition) is 2. The van der Waals surface area contributed by atoms with Crippen LogP contribution in [0.15, 0.2) is 10.4 Å². The number of halogens is 1. The average Bonchev–Trinajstić information content (AvgIpc) is 3.25. The van der Waals surface area contributed by atoms with E-state index in [2.05, 4.69) is 58.6 Å². The molecule has 2 aromatic rings. The van der Waals surface area contributed by atoms with Gasteiger partial charge in [0.1, 0.15) is 0 Å². The number of nitrogens with one attached hydrogen (secondary N) is 2. The summed E-state index contributed by atoms with van der Waals surface area (Å²) >= 11 is 3.54. The predicted molar refractivity (Wildman–Crippen MR) is 140 cm³/mol. The fraction of sp³-hybridized carbons (Fsp3) is 0.667. The zero-order valence-corrected chi connectivity index (χ0v) is 22.5. The predicted octanol–water partition coefficient (Wildman–Crippen LogP) is 4.15. The SMILES string of the molecule is CCNC(=NCC1CCN(Cc2csc(C)n2)CC1)NCCc1nc(C)c(C)s1.I. The first-order valence-electron chi connectivity index (χ1n) is 10.6. The zero-order valence-electron chi connectivity index (χ0n) is 18.5. The number of thiazole rings is 2. The molecule has 0 saturated carbocycles. The molecule has 2 aromatic heterocycles. The molecule has 1 fully saturated rings. The molecule has 0 bridgehead atoms. The van der Waals surface area contributed by atoms with Gasteiger partial charge in [-0.2, -0.15) is 0 Å². The third-order valence-corrected chi connectivity index (χ3v) is 7.27. The Kier molecular flexibility index (Phi) is 11.0. The largest absolute Gasteiger partial charge is 0.357 e. The van der Waals surface area contributed by atoms with E-state index in [0.29, 0.717) is 5.92 Å². The fourth-order valence-electron chi connectivity index (χ4n) is 3.53.